The Labute approximate surface area is 206 Å². The smallest absolute Gasteiger partial charge is 0.282 e. The van der Waals surface area contributed by atoms with Gasteiger partial charge in [-0.05, 0) is 42.0 Å². The van der Waals surface area contributed by atoms with E-state index < -0.39 is 0 Å². The molecule has 7 heteroatoms. The van der Waals surface area contributed by atoms with E-state index >= 15 is 0 Å². The van der Waals surface area contributed by atoms with Gasteiger partial charge in [-0.2, -0.15) is 9.78 Å². The van der Waals surface area contributed by atoms with Gasteiger partial charge >= 0.3 is 0 Å². The highest BCUT2D eigenvalue weighted by molar-refractivity contribution is 5.86. The van der Waals surface area contributed by atoms with Crippen molar-refractivity contribution in [1.29, 1.82) is 0 Å². The third-order valence-corrected chi connectivity index (χ3v) is 5.62. The van der Waals surface area contributed by atoms with E-state index in [0.717, 1.165) is 11.1 Å². The molecule has 0 bridgehead atoms. The molecule has 0 N–H and O–H groups in total. The second-order valence-corrected chi connectivity index (χ2v) is 7.97. The minimum absolute atomic E-state index is 0.203. The van der Waals surface area contributed by atoms with Crippen LogP contribution in [-0.4, -0.2) is 23.0 Å². The number of fused-ring (bicyclic) bond motifs is 1. The highest BCUT2D eigenvalue weighted by atomic mass is 19.1. The van der Waals surface area contributed by atoms with Crippen LogP contribution in [0.3, 0.4) is 0 Å². The maximum absolute atomic E-state index is 13.4. The minimum atomic E-state index is -0.312. The van der Waals surface area contributed by atoms with Crippen molar-refractivity contribution in [3.05, 3.63) is 124 Å². The number of ether oxygens (including phenoxy) is 2. The maximum Gasteiger partial charge on any atom is 0.282 e. The summed E-state index contributed by atoms with van der Waals surface area (Å²) >= 11 is 0. The van der Waals surface area contributed by atoms with Crippen LogP contribution in [0.1, 0.15) is 11.1 Å². The third kappa shape index (κ3) is 4.72. The summed E-state index contributed by atoms with van der Waals surface area (Å²) in [7, 11) is 1.55. The topological polar surface area (TPSA) is 65.7 Å². The molecule has 0 fully saturated rings. The predicted octanol–water partition coefficient (Wildman–Crippen LogP) is 5.67. The van der Waals surface area contributed by atoms with Gasteiger partial charge in [-0.1, -0.05) is 60.7 Å². The lowest BCUT2D eigenvalue weighted by Crippen LogP contribution is -2.20. The van der Waals surface area contributed by atoms with Crippen molar-refractivity contribution in [3.8, 4) is 22.9 Å². The van der Waals surface area contributed by atoms with Gasteiger partial charge in [0.15, 0.2) is 17.3 Å². The van der Waals surface area contributed by atoms with Gasteiger partial charge in [-0.3, -0.25) is 4.79 Å². The Morgan fingerprint density at radius 1 is 0.917 bits per heavy atom. The van der Waals surface area contributed by atoms with Crippen LogP contribution in [0.15, 0.2) is 107 Å². The van der Waals surface area contributed by atoms with E-state index in [1.165, 1.54) is 16.8 Å². The number of methoxy groups -OCH3 is 1. The van der Waals surface area contributed by atoms with Crippen LogP contribution in [0.25, 0.3) is 22.3 Å². The van der Waals surface area contributed by atoms with Gasteiger partial charge in [0.1, 0.15) is 12.4 Å². The molecule has 0 amide bonds. The largest absolute Gasteiger partial charge is 0.493 e. The fourth-order valence-corrected chi connectivity index (χ4v) is 3.81. The molecule has 0 radical (unpaired) electrons. The first-order valence-corrected chi connectivity index (χ1v) is 11.3. The molecule has 0 aliphatic heterocycles. The first-order valence-electron chi connectivity index (χ1n) is 11.3. The molecule has 1 aromatic heterocycles. The summed E-state index contributed by atoms with van der Waals surface area (Å²) in [5.41, 5.74) is 2.47. The van der Waals surface area contributed by atoms with Gasteiger partial charge < -0.3 is 9.47 Å². The van der Waals surface area contributed by atoms with E-state index in [0.29, 0.717) is 33.8 Å². The van der Waals surface area contributed by atoms with Crippen LogP contribution in [-0.2, 0) is 6.61 Å². The molecule has 4 aromatic carbocycles. The number of nitrogens with zero attached hydrogens (tertiary/aromatic N) is 3. The first-order chi connectivity index (χ1) is 17.6. The molecule has 0 saturated carbocycles. The lowest BCUT2D eigenvalue weighted by atomic mass is 10.2. The van der Waals surface area contributed by atoms with Gasteiger partial charge in [0.25, 0.3) is 5.56 Å². The average molecular weight is 480 g/mol. The Balaban J connectivity index is 1.58. The molecule has 178 valence electrons. The van der Waals surface area contributed by atoms with E-state index in [1.54, 1.807) is 49.7 Å². The number of hydrogen-bond acceptors (Lipinski definition) is 5. The molecule has 0 saturated heterocycles. The molecular formula is C29H22FN3O3. The molecule has 0 aliphatic rings. The third-order valence-electron chi connectivity index (χ3n) is 5.62. The summed E-state index contributed by atoms with van der Waals surface area (Å²) in [6.07, 6.45) is 1.55. The molecule has 0 spiro atoms. The zero-order chi connectivity index (χ0) is 24.9. The SMILES string of the molecule is COc1cccc(C=Nn2c(-c3ccccc3)nc3ccccc3c2=O)c1OCc1ccc(F)cc1. The Morgan fingerprint density at radius 2 is 1.67 bits per heavy atom. The van der Waals surface area contributed by atoms with Crippen LogP contribution in [0.5, 0.6) is 11.5 Å². The molecule has 0 atom stereocenters. The fraction of sp³-hybridized carbons (Fsp3) is 0.0690. The summed E-state index contributed by atoms with van der Waals surface area (Å²) in [4.78, 5) is 18.1. The summed E-state index contributed by atoms with van der Waals surface area (Å²) in [6, 6.07) is 28.1. The monoisotopic (exact) mass is 479 g/mol. The second kappa shape index (κ2) is 10.2. The molecule has 5 rings (SSSR count). The van der Waals surface area contributed by atoms with Crippen LogP contribution in [0.2, 0.25) is 0 Å². The Bertz CT molecular complexity index is 1600. The normalized spacial score (nSPS) is 11.2. The van der Waals surface area contributed by atoms with E-state index in [2.05, 4.69) is 5.10 Å². The number of rotatable bonds is 7. The van der Waals surface area contributed by atoms with Gasteiger partial charge in [0.2, 0.25) is 0 Å². The van der Waals surface area contributed by atoms with Gasteiger partial charge in [0, 0.05) is 11.1 Å². The van der Waals surface area contributed by atoms with Crippen molar-refractivity contribution >= 4 is 17.1 Å². The summed E-state index contributed by atoms with van der Waals surface area (Å²) in [6.45, 7) is 0.203. The Morgan fingerprint density at radius 3 is 2.44 bits per heavy atom. The fourth-order valence-electron chi connectivity index (χ4n) is 3.81. The zero-order valence-corrected chi connectivity index (χ0v) is 19.5. The summed E-state index contributed by atoms with van der Waals surface area (Å²) in [5, 5.41) is 5.00. The van der Waals surface area contributed by atoms with Crippen molar-refractivity contribution in [1.82, 2.24) is 9.66 Å². The summed E-state index contributed by atoms with van der Waals surface area (Å²) < 4.78 is 26.1. The van der Waals surface area contributed by atoms with Crippen molar-refractivity contribution in [2.24, 2.45) is 5.10 Å². The molecule has 5 aromatic rings. The summed E-state index contributed by atoms with van der Waals surface area (Å²) in [5.74, 6) is 1.07. The molecule has 0 unspecified atom stereocenters. The zero-order valence-electron chi connectivity index (χ0n) is 19.5. The average Bonchev–Trinajstić information content (AvgIpc) is 2.92. The molecule has 0 aliphatic carbocycles. The highest BCUT2D eigenvalue weighted by Crippen LogP contribution is 2.31. The Kier molecular flexibility index (Phi) is 6.53. The van der Waals surface area contributed by atoms with Crippen molar-refractivity contribution in [2.75, 3.05) is 7.11 Å². The maximum atomic E-state index is 13.4. The minimum Gasteiger partial charge on any atom is -0.493 e. The molecule has 36 heavy (non-hydrogen) atoms. The van der Waals surface area contributed by atoms with E-state index in [9.17, 15) is 9.18 Å². The predicted molar refractivity (Wildman–Crippen MR) is 138 cm³/mol. The quantitative estimate of drug-likeness (QED) is 0.282. The van der Waals surface area contributed by atoms with Crippen LogP contribution in [0.4, 0.5) is 4.39 Å². The number of hydrogen-bond donors (Lipinski definition) is 0. The molecule has 6 nitrogen and oxygen atoms in total. The van der Waals surface area contributed by atoms with E-state index in [-0.39, 0.29) is 18.0 Å². The lowest BCUT2D eigenvalue weighted by Gasteiger charge is -2.14. The van der Waals surface area contributed by atoms with Gasteiger partial charge in [-0.25, -0.2) is 9.37 Å². The van der Waals surface area contributed by atoms with Crippen molar-refractivity contribution in [2.45, 2.75) is 6.61 Å². The number of aromatic nitrogens is 2. The molecule has 1 heterocycles. The van der Waals surface area contributed by atoms with Crippen molar-refractivity contribution in [3.63, 3.8) is 0 Å². The lowest BCUT2D eigenvalue weighted by molar-refractivity contribution is 0.284. The first kappa shape index (κ1) is 23.0. The number of halogens is 1. The van der Waals surface area contributed by atoms with Crippen molar-refractivity contribution < 1.29 is 13.9 Å². The van der Waals surface area contributed by atoms with Crippen LogP contribution < -0.4 is 15.0 Å². The standard InChI is InChI=1S/C29H22FN3O3/c1-35-26-13-7-10-22(27(26)36-19-20-14-16-23(30)17-15-20)18-31-33-28(21-8-3-2-4-9-21)32-25-12-6-5-11-24(25)29(33)34/h2-18H,19H2,1H3. The van der Waals surface area contributed by atoms with Gasteiger partial charge in [-0.15, -0.1) is 0 Å². The highest BCUT2D eigenvalue weighted by Gasteiger charge is 2.14. The van der Waals surface area contributed by atoms with Crippen LogP contribution >= 0.6 is 0 Å². The van der Waals surface area contributed by atoms with E-state index in [1.807, 2.05) is 48.5 Å². The van der Waals surface area contributed by atoms with E-state index in [4.69, 9.17) is 14.5 Å². The number of para-hydroxylation sites is 2. The molecular weight excluding hydrogens is 457 g/mol. The van der Waals surface area contributed by atoms with Crippen LogP contribution in [0, 0.1) is 5.82 Å². The number of benzene rings is 4. The Hall–Kier alpha value is -4.78. The van der Waals surface area contributed by atoms with Gasteiger partial charge in [0.05, 0.1) is 24.2 Å². The second-order valence-electron chi connectivity index (χ2n) is 7.97.